The van der Waals surface area contributed by atoms with Gasteiger partial charge in [-0.1, -0.05) is 32.4 Å². The molecule has 0 amide bonds. The molecular weight excluding hydrogens is 172 g/mol. The van der Waals surface area contributed by atoms with Gasteiger partial charge in [0.05, 0.1) is 0 Å². The summed E-state index contributed by atoms with van der Waals surface area (Å²) in [7, 11) is 0. The quantitative estimate of drug-likeness (QED) is 0.583. The monoisotopic (exact) mass is 192 g/mol. The number of hydrogen-bond acceptors (Lipinski definition) is 1. The van der Waals surface area contributed by atoms with Gasteiger partial charge in [-0.3, -0.25) is 4.79 Å². The molecule has 1 nitrogen and oxygen atoms in total. The maximum atomic E-state index is 11.9. The van der Waals surface area contributed by atoms with E-state index >= 15 is 0 Å². The number of hydrogen-bond donors (Lipinski definition) is 0. The predicted octanol–water partition coefficient (Wildman–Crippen LogP) is 3.20. The molecule has 0 N–H and O–H groups in total. The van der Waals surface area contributed by atoms with Gasteiger partial charge < -0.3 is 0 Å². The van der Waals surface area contributed by atoms with Crippen molar-refractivity contribution in [2.45, 2.75) is 40.0 Å². The van der Waals surface area contributed by atoms with Crippen molar-refractivity contribution in [2.24, 2.45) is 23.7 Å². The first-order chi connectivity index (χ1) is 6.59. The SMILES string of the molecule is CC(C)C1=C[C@H]2[C@@H](C)CC[C@H]2C(=O)C1. The second-order valence-corrected chi connectivity index (χ2v) is 5.28. The molecular formula is C13H20O. The molecule has 0 radical (unpaired) electrons. The molecule has 3 atom stereocenters. The van der Waals surface area contributed by atoms with Gasteiger partial charge in [-0.2, -0.15) is 0 Å². The highest BCUT2D eigenvalue weighted by molar-refractivity contribution is 5.85. The number of fused-ring (bicyclic) bond motifs is 1. The van der Waals surface area contributed by atoms with Crippen molar-refractivity contribution < 1.29 is 4.79 Å². The van der Waals surface area contributed by atoms with Crippen LogP contribution < -0.4 is 0 Å². The third-order valence-corrected chi connectivity index (χ3v) is 3.99. The number of Topliss-reactive ketones (excluding diaryl/α,β-unsaturated/α-hetero) is 1. The smallest absolute Gasteiger partial charge is 0.140 e. The standard InChI is InChI=1S/C13H20O/c1-8(2)10-6-12-9(3)4-5-11(12)13(14)7-10/h6,8-9,11-12H,4-5,7H2,1-3H3/t9-,11+,12-/m0/s1. The van der Waals surface area contributed by atoms with E-state index < -0.39 is 0 Å². The summed E-state index contributed by atoms with van der Waals surface area (Å²) in [6.07, 6.45) is 5.51. The molecule has 0 saturated heterocycles. The summed E-state index contributed by atoms with van der Waals surface area (Å²) in [5, 5.41) is 0. The summed E-state index contributed by atoms with van der Waals surface area (Å²) >= 11 is 0. The van der Waals surface area contributed by atoms with E-state index in [1.165, 1.54) is 12.0 Å². The van der Waals surface area contributed by atoms with E-state index in [0.717, 1.165) is 18.8 Å². The summed E-state index contributed by atoms with van der Waals surface area (Å²) in [5.41, 5.74) is 1.38. The van der Waals surface area contributed by atoms with Gasteiger partial charge in [-0.25, -0.2) is 0 Å². The van der Waals surface area contributed by atoms with Gasteiger partial charge in [0, 0.05) is 12.3 Å². The number of rotatable bonds is 1. The van der Waals surface area contributed by atoms with Gasteiger partial charge in [-0.15, -0.1) is 0 Å². The Morgan fingerprint density at radius 2 is 2.07 bits per heavy atom. The Morgan fingerprint density at radius 1 is 1.36 bits per heavy atom. The molecule has 1 heteroatoms. The topological polar surface area (TPSA) is 17.1 Å². The molecule has 1 saturated carbocycles. The minimum atomic E-state index is 0.368. The van der Waals surface area contributed by atoms with E-state index in [2.05, 4.69) is 26.8 Å². The fraction of sp³-hybridized carbons (Fsp3) is 0.769. The average molecular weight is 192 g/mol. The first kappa shape index (κ1) is 9.95. The van der Waals surface area contributed by atoms with E-state index in [4.69, 9.17) is 0 Å². The zero-order valence-electron chi connectivity index (χ0n) is 9.42. The molecule has 2 aliphatic rings. The van der Waals surface area contributed by atoms with Crippen LogP contribution in [0.15, 0.2) is 11.6 Å². The van der Waals surface area contributed by atoms with Crippen LogP contribution >= 0.6 is 0 Å². The van der Waals surface area contributed by atoms with E-state index in [1.54, 1.807) is 0 Å². The Morgan fingerprint density at radius 3 is 2.71 bits per heavy atom. The van der Waals surface area contributed by atoms with E-state index in [1.807, 2.05) is 0 Å². The minimum Gasteiger partial charge on any atom is -0.299 e. The van der Waals surface area contributed by atoms with E-state index in [0.29, 0.717) is 23.5 Å². The average Bonchev–Trinajstić information content (AvgIpc) is 2.48. The van der Waals surface area contributed by atoms with Crippen molar-refractivity contribution in [3.63, 3.8) is 0 Å². The molecule has 0 aliphatic heterocycles. The number of carbonyl (C=O) groups is 1. The highest BCUT2D eigenvalue weighted by Gasteiger charge is 2.39. The fourth-order valence-corrected chi connectivity index (χ4v) is 2.91. The van der Waals surface area contributed by atoms with Crippen LogP contribution in [-0.2, 0) is 4.79 Å². The lowest BCUT2D eigenvalue weighted by Gasteiger charge is -2.27. The minimum absolute atomic E-state index is 0.368. The first-order valence-electron chi connectivity index (χ1n) is 5.83. The second-order valence-electron chi connectivity index (χ2n) is 5.28. The summed E-state index contributed by atoms with van der Waals surface area (Å²) < 4.78 is 0. The maximum Gasteiger partial charge on any atom is 0.140 e. The van der Waals surface area contributed by atoms with Gasteiger partial charge in [-0.05, 0) is 30.6 Å². The molecule has 1 fully saturated rings. The third-order valence-electron chi connectivity index (χ3n) is 3.99. The molecule has 0 heterocycles. The molecule has 2 aliphatic carbocycles. The molecule has 0 bridgehead atoms. The highest BCUT2D eigenvalue weighted by atomic mass is 16.1. The van der Waals surface area contributed by atoms with Crippen LogP contribution in [0.1, 0.15) is 40.0 Å². The fourth-order valence-electron chi connectivity index (χ4n) is 2.91. The highest BCUT2D eigenvalue weighted by Crippen LogP contribution is 2.43. The number of allylic oxidation sites excluding steroid dienone is 2. The maximum absolute atomic E-state index is 11.9. The summed E-state index contributed by atoms with van der Waals surface area (Å²) in [4.78, 5) is 11.9. The van der Waals surface area contributed by atoms with E-state index in [9.17, 15) is 4.79 Å². The molecule has 0 spiro atoms. The van der Waals surface area contributed by atoms with Crippen molar-refractivity contribution in [2.75, 3.05) is 0 Å². The Hall–Kier alpha value is -0.590. The molecule has 78 valence electrons. The van der Waals surface area contributed by atoms with Crippen molar-refractivity contribution in [3.05, 3.63) is 11.6 Å². The van der Waals surface area contributed by atoms with Crippen LogP contribution in [0.25, 0.3) is 0 Å². The molecule has 0 unspecified atom stereocenters. The van der Waals surface area contributed by atoms with Gasteiger partial charge in [0.2, 0.25) is 0 Å². The van der Waals surface area contributed by atoms with Crippen LogP contribution in [0, 0.1) is 23.7 Å². The van der Waals surface area contributed by atoms with Gasteiger partial charge in [0.25, 0.3) is 0 Å². The Bertz CT molecular complexity index is 275. The first-order valence-corrected chi connectivity index (χ1v) is 5.83. The molecule has 0 aromatic carbocycles. The van der Waals surface area contributed by atoms with Crippen LogP contribution in [0.5, 0.6) is 0 Å². The van der Waals surface area contributed by atoms with Crippen LogP contribution in [0.2, 0.25) is 0 Å². The number of carbonyl (C=O) groups excluding carboxylic acids is 1. The Labute approximate surface area is 86.6 Å². The lowest BCUT2D eigenvalue weighted by atomic mass is 9.77. The third kappa shape index (κ3) is 1.53. The predicted molar refractivity (Wildman–Crippen MR) is 57.9 cm³/mol. The normalized spacial score (nSPS) is 37.3. The Balaban J connectivity index is 2.26. The molecule has 14 heavy (non-hydrogen) atoms. The zero-order valence-corrected chi connectivity index (χ0v) is 9.42. The van der Waals surface area contributed by atoms with Crippen LogP contribution in [0.3, 0.4) is 0 Å². The molecule has 0 aromatic rings. The van der Waals surface area contributed by atoms with Crippen molar-refractivity contribution >= 4 is 5.78 Å². The van der Waals surface area contributed by atoms with Gasteiger partial charge >= 0.3 is 0 Å². The lowest BCUT2D eigenvalue weighted by Crippen LogP contribution is -2.26. The Kier molecular flexibility index (Phi) is 2.50. The lowest BCUT2D eigenvalue weighted by molar-refractivity contribution is -0.123. The summed E-state index contributed by atoms with van der Waals surface area (Å²) in [6.45, 7) is 6.68. The summed E-state index contributed by atoms with van der Waals surface area (Å²) in [5.74, 6) is 2.71. The van der Waals surface area contributed by atoms with Crippen LogP contribution in [-0.4, -0.2) is 5.78 Å². The largest absolute Gasteiger partial charge is 0.299 e. The van der Waals surface area contributed by atoms with E-state index in [-0.39, 0.29) is 0 Å². The van der Waals surface area contributed by atoms with Gasteiger partial charge in [0.15, 0.2) is 0 Å². The molecule has 2 rings (SSSR count). The second kappa shape index (κ2) is 3.52. The van der Waals surface area contributed by atoms with Crippen molar-refractivity contribution in [1.29, 1.82) is 0 Å². The number of ketones is 1. The zero-order chi connectivity index (χ0) is 10.3. The summed E-state index contributed by atoms with van der Waals surface area (Å²) in [6, 6.07) is 0. The molecule has 0 aromatic heterocycles. The van der Waals surface area contributed by atoms with Crippen molar-refractivity contribution in [3.8, 4) is 0 Å². The van der Waals surface area contributed by atoms with Crippen molar-refractivity contribution in [1.82, 2.24) is 0 Å². The van der Waals surface area contributed by atoms with Crippen LogP contribution in [0.4, 0.5) is 0 Å². The van der Waals surface area contributed by atoms with Gasteiger partial charge in [0.1, 0.15) is 5.78 Å².